The van der Waals surface area contributed by atoms with Crippen LogP contribution in [0.4, 0.5) is 5.69 Å². The fraction of sp³-hybridized carbons (Fsp3) is 0.333. The predicted octanol–water partition coefficient (Wildman–Crippen LogP) is 3.69. The summed E-state index contributed by atoms with van der Waals surface area (Å²) in [5, 5.41) is 2.57. The van der Waals surface area contributed by atoms with Gasteiger partial charge < -0.3 is 24.4 Å². The molecule has 0 fully saturated rings. The number of anilines is 1. The lowest BCUT2D eigenvalue weighted by Gasteiger charge is -2.32. The van der Waals surface area contributed by atoms with E-state index in [-0.39, 0.29) is 23.1 Å². The molecule has 0 unspecified atom stereocenters. The zero-order chi connectivity index (χ0) is 30.3. The molecule has 0 radical (unpaired) electrons. The molecular formula is C30H37N3O7S. The summed E-state index contributed by atoms with van der Waals surface area (Å²) >= 11 is 0. The molecular weight excluding hydrogens is 546 g/mol. The van der Waals surface area contributed by atoms with Gasteiger partial charge in [-0.1, -0.05) is 18.2 Å². The van der Waals surface area contributed by atoms with E-state index in [1.54, 1.807) is 50.4 Å². The van der Waals surface area contributed by atoms with Crippen LogP contribution < -0.4 is 23.8 Å². The average molecular weight is 584 g/mol. The van der Waals surface area contributed by atoms with E-state index in [1.165, 1.54) is 44.4 Å². The zero-order valence-electron chi connectivity index (χ0n) is 24.4. The second-order valence-corrected chi connectivity index (χ2v) is 11.4. The van der Waals surface area contributed by atoms with Crippen molar-refractivity contribution in [2.24, 2.45) is 0 Å². The number of ether oxygens (including phenoxy) is 3. The fourth-order valence-corrected chi connectivity index (χ4v) is 5.86. The minimum atomic E-state index is -4.27. The standard InChI is InChI=1S/C30H37N3O7S/c1-20-14-21(2)16-24(15-20)33(41(36,37)26-12-13-27(39-6)28(17-26)40-7)19-29(34)32(22(3)30(35)31-4)18-23-8-10-25(38-5)11-9-23/h8-17,22H,18-19H2,1-7H3,(H,31,35)/t22-/m0/s1. The van der Waals surface area contributed by atoms with Gasteiger partial charge in [0, 0.05) is 19.7 Å². The molecule has 0 heterocycles. The molecule has 0 saturated carbocycles. The van der Waals surface area contributed by atoms with Crippen LogP contribution in [0.3, 0.4) is 0 Å². The summed E-state index contributed by atoms with van der Waals surface area (Å²) in [6, 6.07) is 15.8. The van der Waals surface area contributed by atoms with Gasteiger partial charge in [-0.15, -0.1) is 0 Å². The lowest BCUT2D eigenvalue weighted by molar-refractivity contribution is -0.139. The molecule has 10 nitrogen and oxygen atoms in total. The molecule has 3 aromatic rings. The summed E-state index contributed by atoms with van der Waals surface area (Å²) < 4.78 is 45.2. The first-order valence-corrected chi connectivity index (χ1v) is 14.4. The van der Waals surface area contributed by atoms with Crippen LogP contribution >= 0.6 is 0 Å². The number of nitrogens with zero attached hydrogens (tertiary/aromatic N) is 2. The SMILES string of the molecule is CNC(=O)[C@H](C)N(Cc1ccc(OC)cc1)C(=O)CN(c1cc(C)cc(C)c1)S(=O)(=O)c1ccc(OC)c(OC)c1. The summed E-state index contributed by atoms with van der Waals surface area (Å²) in [7, 11) is 1.63. The Balaban J connectivity index is 2.09. The van der Waals surface area contributed by atoms with Gasteiger partial charge in [0.2, 0.25) is 11.8 Å². The smallest absolute Gasteiger partial charge is 0.264 e. The average Bonchev–Trinajstić information content (AvgIpc) is 2.96. The Kier molecular flexibility index (Phi) is 10.2. The van der Waals surface area contributed by atoms with Crippen LogP contribution in [0.15, 0.2) is 65.6 Å². The number of sulfonamides is 1. The third kappa shape index (κ3) is 7.29. The second-order valence-electron chi connectivity index (χ2n) is 9.53. The maximum atomic E-state index is 14.1. The van der Waals surface area contributed by atoms with E-state index < -0.39 is 28.5 Å². The van der Waals surface area contributed by atoms with Crippen molar-refractivity contribution in [3.8, 4) is 17.2 Å². The van der Waals surface area contributed by atoms with Gasteiger partial charge >= 0.3 is 0 Å². The van der Waals surface area contributed by atoms with Gasteiger partial charge in [0.05, 0.1) is 31.9 Å². The number of amides is 2. The lowest BCUT2D eigenvalue weighted by Crippen LogP contribution is -2.50. The molecule has 3 aromatic carbocycles. The lowest BCUT2D eigenvalue weighted by atomic mass is 10.1. The number of methoxy groups -OCH3 is 3. The predicted molar refractivity (Wildman–Crippen MR) is 157 cm³/mol. The van der Waals surface area contributed by atoms with E-state index >= 15 is 0 Å². The first-order chi connectivity index (χ1) is 19.4. The van der Waals surface area contributed by atoms with Crippen LogP contribution in [-0.4, -0.2) is 66.1 Å². The quantitative estimate of drug-likeness (QED) is 0.346. The highest BCUT2D eigenvalue weighted by Crippen LogP contribution is 2.33. The van der Waals surface area contributed by atoms with Crippen molar-refractivity contribution in [2.75, 3.05) is 39.2 Å². The van der Waals surface area contributed by atoms with Gasteiger partial charge in [0.25, 0.3) is 10.0 Å². The van der Waals surface area contributed by atoms with Crippen LogP contribution in [0, 0.1) is 13.8 Å². The molecule has 11 heteroatoms. The van der Waals surface area contributed by atoms with Gasteiger partial charge in [0.15, 0.2) is 11.5 Å². The summed E-state index contributed by atoms with van der Waals surface area (Å²) in [5.41, 5.74) is 2.72. The molecule has 0 aliphatic rings. The molecule has 41 heavy (non-hydrogen) atoms. The fourth-order valence-electron chi connectivity index (χ4n) is 4.45. The topological polar surface area (TPSA) is 114 Å². The Labute approximate surface area is 241 Å². The summed E-state index contributed by atoms with van der Waals surface area (Å²) in [6.45, 7) is 4.84. The monoisotopic (exact) mass is 583 g/mol. The summed E-state index contributed by atoms with van der Waals surface area (Å²) in [4.78, 5) is 27.9. The van der Waals surface area contributed by atoms with Crippen molar-refractivity contribution in [1.29, 1.82) is 0 Å². The summed E-state index contributed by atoms with van der Waals surface area (Å²) in [5.74, 6) is 0.306. The molecule has 0 spiro atoms. The number of nitrogens with one attached hydrogen (secondary N) is 1. The molecule has 0 saturated heterocycles. The Morgan fingerprint density at radius 2 is 1.46 bits per heavy atom. The van der Waals surface area contributed by atoms with Crippen LogP contribution in [0.1, 0.15) is 23.6 Å². The minimum Gasteiger partial charge on any atom is -0.497 e. The molecule has 3 rings (SSSR count). The van der Waals surface area contributed by atoms with Gasteiger partial charge in [0.1, 0.15) is 18.3 Å². The van der Waals surface area contributed by atoms with E-state index in [2.05, 4.69) is 5.32 Å². The number of benzene rings is 3. The third-order valence-electron chi connectivity index (χ3n) is 6.64. The number of hydrogen-bond acceptors (Lipinski definition) is 7. The van der Waals surface area contributed by atoms with E-state index in [4.69, 9.17) is 14.2 Å². The highest BCUT2D eigenvalue weighted by Gasteiger charge is 2.33. The van der Waals surface area contributed by atoms with E-state index in [0.717, 1.165) is 21.0 Å². The van der Waals surface area contributed by atoms with Gasteiger partial charge in [-0.05, 0) is 73.9 Å². The van der Waals surface area contributed by atoms with Gasteiger partial charge in [-0.2, -0.15) is 0 Å². The number of rotatable bonds is 12. The van der Waals surface area contributed by atoms with Crippen molar-refractivity contribution >= 4 is 27.5 Å². The Hall–Kier alpha value is -4.25. The second kappa shape index (κ2) is 13.4. The highest BCUT2D eigenvalue weighted by atomic mass is 32.2. The molecule has 1 atom stereocenters. The third-order valence-corrected chi connectivity index (χ3v) is 8.41. The van der Waals surface area contributed by atoms with Gasteiger partial charge in [-0.3, -0.25) is 13.9 Å². The first kappa shape index (κ1) is 31.3. The van der Waals surface area contributed by atoms with E-state index in [0.29, 0.717) is 17.2 Å². The number of likely N-dealkylation sites (N-methyl/N-ethyl adjacent to an activating group) is 1. The molecule has 0 aromatic heterocycles. The largest absolute Gasteiger partial charge is 0.497 e. The normalized spacial score (nSPS) is 11.8. The number of hydrogen-bond donors (Lipinski definition) is 1. The van der Waals surface area contributed by atoms with Crippen molar-refractivity contribution in [2.45, 2.75) is 38.3 Å². The highest BCUT2D eigenvalue weighted by molar-refractivity contribution is 7.92. The Bertz CT molecular complexity index is 1470. The van der Waals surface area contributed by atoms with E-state index in [9.17, 15) is 18.0 Å². The Morgan fingerprint density at radius 1 is 0.854 bits per heavy atom. The molecule has 220 valence electrons. The zero-order valence-corrected chi connectivity index (χ0v) is 25.2. The van der Waals surface area contributed by atoms with Crippen LogP contribution in [0.5, 0.6) is 17.2 Å². The van der Waals surface area contributed by atoms with Crippen molar-refractivity contribution < 1.29 is 32.2 Å². The van der Waals surface area contributed by atoms with Crippen LogP contribution in [-0.2, 0) is 26.2 Å². The van der Waals surface area contributed by atoms with Crippen LogP contribution in [0.25, 0.3) is 0 Å². The van der Waals surface area contributed by atoms with Crippen molar-refractivity contribution in [1.82, 2.24) is 10.2 Å². The van der Waals surface area contributed by atoms with Crippen LogP contribution in [0.2, 0.25) is 0 Å². The van der Waals surface area contributed by atoms with Crippen molar-refractivity contribution in [3.05, 3.63) is 77.4 Å². The molecule has 0 aliphatic heterocycles. The van der Waals surface area contributed by atoms with Crippen molar-refractivity contribution in [3.63, 3.8) is 0 Å². The van der Waals surface area contributed by atoms with E-state index in [1.807, 2.05) is 19.9 Å². The van der Waals surface area contributed by atoms with Gasteiger partial charge in [-0.25, -0.2) is 8.42 Å². The minimum absolute atomic E-state index is 0.0779. The number of carbonyl (C=O) groups excluding carboxylic acids is 2. The number of carbonyl (C=O) groups is 2. The Morgan fingerprint density at radius 3 is 2.00 bits per heavy atom. The summed E-state index contributed by atoms with van der Waals surface area (Å²) in [6.07, 6.45) is 0. The molecule has 2 amide bonds. The maximum absolute atomic E-state index is 14.1. The maximum Gasteiger partial charge on any atom is 0.264 e. The number of aryl methyl sites for hydroxylation is 2. The molecule has 0 bridgehead atoms. The molecule has 1 N–H and O–H groups in total. The first-order valence-electron chi connectivity index (χ1n) is 12.9. The molecule has 0 aliphatic carbocycles.